The topological polar surface area (TPSA) is 119 Å². The molecule has 0 spiro atoms. The molecule has 7 nitrogen and oxygen atoms in total. The normalized spacial score (nSPS) is 14.1. The maximum Gasteiger partial charge on any atom is 0.333 e. The number of H-pyrrole nitrogens is 1. The van der Waals surface area contributed by atoms with Crippen molar-refractivity contribution in [2.45, 2.75) is 38.8 Å². The average molecular weight is 437 g/mol. The van der Waals surface area contributed by atoms with Gasteiger partial charge in [0.25, 0.3) is 0 Å². The van der Waals surface area contributed by atoms with Gasteiger partial charge in [0.15, 0.2) is 11.9 Å². The number of aliphatic carboxylic acids is 1. The maximum atomic E-state index is 13.5. The first-order valence-electron chi connectivity index (χ1n) is 10.6. The number of aromatic amines is 1. The van der Waals surface area contributed by atoms with E-state index in [2.05, 4.69) is 10.3 Å². The van der Waals surface area contributed by atoms with E-state index < -0.39 is 29.9 Å². The molecule has 0 aliphatic heterocycles. The van der Waals surface area contributed by atoms with E-state index in [4.69, 9.17) is 0 Å². The van der Waals surface area contributed by atoms with Crippen molar-refractivity contribution in [1.29, 1.82) is 0 Å². The highest BCUT2D eigenvalue weighted by Gasteiger charge is 2.35. The zero-order valence-corrected chi connectivity index (χ0v) is 18.1. The molecule has 0 aliphatic rings. The van der Waals surface area contributed by atoms with E-state index in [1.165, 1.54) is 0 Å². The first-order valence-corrected chi connectivity index (χ1v) is 10.6. The van der Waals surface area contributed by atoms with Crippen LogP contribution in [0.4, 0.5) is 0 Å². The van der Waals surface area contributed by atoms with Gasteiger partial charge in [-0.25, -0.2) is 4.79 Å². The molecule has 32 heavy (non-hydrogen) atoms. The summed E-state index contributed by atoms with van der Waals surface area (Å²) in [6.45, 7) is 3.68. The van der Waals surface area contributed by atoms with Crippen molar-refractivity contribution in [2.24, 2.45) is 11.8 Å². The van der Waals surface area contributed by atoms with Crippen LogP contribution in [0.5, 0.6) is 0 Å². The Bertz CT molecular complexity index is 1090. The SMILES string of the molecule is CC(C)C[C@@H](C(=O)N[C@@H](Cc1ccccc1)C(=O)c1c[nH]c2ccccc12)[C@H](O)C(=O)O. The molecule has 3 atom stereocenters. The molecule has 0 fully saturated rings. The smallest absolute Gasteiger partial charge is 0.333 e. The molecule has 0 saturated heterocycles. The molecule has 1 amide bonds. The quantitative estimate of drug-likeness (QED) is 0.364. The lowest BCUT2D eigenvalue weighted by Crippen LogP contribution is -2.49. The predicted octanol–water partition coefficient (Wildman–Crippen LogP) is 3.19. The third-order valence-electron chi connectivity index (χ3n) is 5.47. The second-order valence-electron chi connectivity index (χ2n) is 8.38. The zero-order chi connectivity index (χ0) is 23.3. The number of carbonyl (C=O) groups excluding carboxylic acids is 2. The minimum atomic E-state index is -1.85. The van der Waals surface area contributed by atoms with Gasteiger partial charge < -0.3 is 20.5 Å². The summed E-state index contributed by atoms with van der Waals surface area (Å²) in [6, 6.07) is 15.7. The van der Waals surface area contributed by atoms with Crippen LogP contribution in [-0.2, 0) is 16.0 Å². The number of amides is 1. The number of hydrogen-bond acceptors (Lipinski definition) is 4. The fourth-order valence-corrected chi connectivity index (χ4v) is 3.86. The fraction of sp³-hybridized carbons (Fsp3) is 0.320. The van der Waals surface area contributed by atoms with Gasteiger partial charge in [-0.2, -0.15) is 0 Å². The van der Waals surface area contributed by atoms with Gasteiger partial charge in [-0.3, -0.25) is 9.59 Å². The molecule has 1 heterocycles. The van der Waals surface area contributed by atoms with Crippen molar-refractivity contribution in [3.05, 3.63) is 71.9 Å². The molecule has 2 aromatic carbocycles. The molecule has 0 bridgehead atoms. The number of aliphatic hydroxyl groups is 1. The molecule has 3 aromatic rings. The Kier molecular flexibility index (Phi) is 7.43. The van der Waals surface area contributed by atoms with Gasteiger partial charge in [0.1, 0.15) is 0 Å². The Morgan fingerprint density at radius 3 is 2.31 bits per heavy atom. The van der Waals surface area contributed by atoms with E-state index in [-0.39, 0.29) is 24.5 Å². The summed E-state index contributed by atoms with van der Waals surface area (Å²) in [4.78, 5) is 41.0. The minimum Gasteiger partial charge on any atom is -0.479 e. The van der Waals surface area contributed by atoms with Crippen molar-refractivity contribution in [3.8, 4) is 0 Å². The second-order valence-corrected chi connectivity index (χ2v) is 8.38. The van der Waals surface area contributed by atoms with E-state index in [0.717, 1.165) is 16.5 Å². The Morgan fingerprint density at radius 1 is 1.00 bits per heavy atom. The molecule has 0 radical (unpaired) electrons. The Balaban J connectivity index is 1.92. The van der Waals surface area contributed by atoms with E-state index in [9.17, 15) is 24.6 Å². The van der Waals surface area contributed by atoms with E-state index in [0.29, 0.717) is 5.56 Å². The number of nitrogens with one attached hydrogen (secondary N) is 2. The van der Waals surface area contributed by atoms with Gasteiger partial charge >= 0.3 is 5.97 Å². The van der Waals surface area contributed by atoms with Gasteiger partial charge in [-0.15, -0.1) is 0 Å². The third-order valence-corrected chi connectivity index (χ3v) is 5.47. The van der Waals surface area contributed by atoms with Crippen molar-refractivity contribution >= 4 is 28.6 Å². The number of aromatic nitrogens is 1. The molecular formula is C25H28N2O5. The largest absolute Gasteiger partial charge is 0.479 e. The fourth-order valence-electron chi connectivity index (χ4n) is 3.86. The monoisotopic (exact) mass is 436 g/mol. The Hall–Kier alpha value is -3.45. The second kappa shape index (κ2) is 10.2. The van der Waals surface area contributed by atoms with Crippen molar-refractivity contribution in [2.75, 3.05) is 0 Å². The Labute approximate surface area is 186 Å². The third kappa shape index (κ3) is 5.42. The van der Waals surface area contributed by atoms with E-state index in [1.54, 1.807) is 6.20 Å². The zero-order valence-electron chi connectivity index (χ0n) is 18.1. The van der Waals surface area contributed by atoms with Crippen LogP contribution >= 0.6 is 0 Å². The minimum absolute atomic E-state index is 0.0170. The summed E-state index contributed by atoms with van der Waals surface area (Å²) in [6.07, 6.45) is 0.189. The summed E-state index contributed by atoms with van der Waals surface area (Å²) < 4.78 is 0. The van der Waals surface area contributed by atoms with E-state index in [1.807, 2.05) is 68.4 Å². The molecule has 4 N–H and O–H groups in total. The standard InChI is InChI=1S/C25H28N2O5/c1-15(2)12-18(23(29)25(31)32)24(30)27-21(13-16-8-4-3-5-9-16)22(28)19-14-26-20-11-7-6-10-17(19)20/h3-11,14-15,18,21,23,26,29H,12-13H2,1-2H3,(H,27,30)(H,31,32)/t18-,21+,23+/m1/s1. The van der Waals surface area contributed by atoms with Crippen molar-refractivity contribution in [3.63, 3.8) is 0 Å². The van der Waals surface area contributed by atoms with Gasteiger partial charge in [-0.05, 0) is 24.0 Å². The number of para-hydroxylation sites is 1. The molecule has 3 rings (SSSR count). The Morgan fingerprint density at radius 2 is 1.66 bits per heavy atom. The van der Waals surface area contributed by atoms with Crippen LogP contribution in [0.25, 0.3) is 10.9 Å². The van der Waals surface area contributed by atoms with Gasteiger partial charge in [-0.1, -0.05) is 62.4 Å². The van der Waals surface area contributed by atoms with Crippen LogP contribution < -0.4 is 5.32 Å². The van der Waals surface area contributed by atoms with Crippen LogP contribution in [0, 0.1) is 11.8 Å². The molecule has 0 unspecified atom stereocenters. The highest BCUT2D eigenvalue weighted by molar-refractivity contribution is 6.11. The van der Waals surface area contributed by atoms with Gasteiger partial charge in [0, 0.05) is 29.1 Å². The maximum absolute atomic E-state index is 13.5. The molecule has 0 aliphatic carbocycles. The summed E-state index contributed by atoms with van der Waals surface area (Å²) in [5, 5.41) is 22.9. The number of benzene rings is 2. The summed E-state index contributed by atoms with van der Waals surface area (Å²) in [5.74, 6) is -3.58. The molecule has 1 aromatic heterocycles. The van der Waals surface area contributed by atoms with Crippen molar-refractivity contribution in [1.82, 2.24) is 10.3 Å². The number of rotatable bonds is 10. The van der Waals surface area contributed by atoms with Crippen molar-refractivity contribution < 1.29 is 24.6 Å². The van der Waals surface area contributed by atoms with Gasteiger partial charge in [0.05, 0.1) is 12.0 Å². The number of carboxylic acids is 1. The number of hydrogen-bond donors (Lipinski definition) is 4. The van der Waals surface area contributed by atoms with Crippen LogP contribution in [0.2, 0.25) is 0 Å². The summed E-state index contributed by atoms with van der Waals surface area (Å²) >= 11 is 0. The number of ketones is 1. The molecule has 7 heteroatoms. The average Bonchev–Trinajstić information content (AvgIpc) is 3.20. The molecule has 168 valence electrons. The lowest BCUT2D eigenvalue weighted by atomic mass is 9.90. The number of fused-ring (bicyclic) bond motifs is 1. The van der Waals surface area contributed by atoms with Crippen LogP contribution in [-0.4, -0.2) is 45.0 Å². The number of aliphatic hydroxyl groups excluding tert-OH is 1. The summed E-state index contributed by atoms with van der Waals surface area (Å²) in [7, 11) is 0. The predicted molar refractivity (Wildman–Crippen MR) is 121 cm³/mol. The van der Waals surface area contributed by atoms with Crippen LogP contribution in [0.15, 0.2) is 60.8 Å². The van der Waals surface area contributed by atoms with Crippen LogP contribution in [0.3, 0.4) is 0 Å². The van der Waals surface area contributed by atoms with Crippen LogP contribution in [0.1, 0.15) is 36.2 Å². The number of Topliss-reactive ketones (excluding diaryl/α,β-unsaturated/α-hetero) is 1. The highest BCUT2D eigenvalue weighted by Crippen LogP contribution is 2.22. The number of carboxylic acid groups (broad SMARTS) is 1. The van der Waals surface area contributed by atoms with E-state index >= 15 is 0 Å². The highest BCUT2D eigenvalue weighted by atomic mass is 16.4. The first-order chi connectivity index (χ1) is 15.3. The van der Waals surface area contributed by atoms with Gasteiger partial charge in [0.2, 0.25) is 5.91 Å². The molecular weight excluding hydrogens is 408 g/mol. The number of carbonyl (C=O) groups is 3. The first kappa shape index (κ1) is 23.2. The lowest BCUT2D eigenvalue weighted by Gasteiger charge is -2.25. The lowest BCUT2D eigenvalue weighted by molar-refractivity contribution is -0.154. The molecule has 0 saturated carbocycles. The summed E-state index contributed by atoms with van der Waals surface area (Å²) in [5.41, 5.74) is 2.10.